The van der Waals surface area contributed by atoms with Crippen molar-refractivity contribution in [1.82, 2.24) is 15.5 Å². The van der Waals surface area contributed by atoms with Gasteiger partial charge in [-0.15, -0.1) is 0 Å². The zero-order chi connectivity index (χ0) is 30.1. The van der Waals surface area contributed by atoms with E-state index in [0.29, 0.717) is 41.8 Å². The number of likely N-dealkylation sites (N-methyl/N-ethyl adjacent to an activating group) is 1. The first kappa shape index (κ1) is 32.7. The number of aryl methyl sites for hydroxylation is 1. The third-order valence-corrected chi connectivity index (χ3v) is 8.35. The molecule has 41 heavy (non-hydrogen) atoms. The van der Waals surface area contributed by atoms with Crippen LogP contribution in [0.3, 0.4) is 0 Å². The number of nitrogens with zero attached hydrogens (tertiary/aromatic N) is 1. The van der Waals surface area contributed by atoms with Crippen molar-refractivity contribution in [2.75, 3.05) is 13.6 Å². The number of carbonyl (C=O) groups excluding carboxylic acids is 3. The van der Waals surface area contributed by atoms with Crippen molar-refractivity contribution < 1.29 is 19.1 Å². The summed E-state index contributed by atoms with van der Waals surface area (Å²) in [5.74, 6) is 0.343. The molecule has 3 amide bonds. The van der Waals surface area contributed by atoms with Gasteiger partial charge in [-0.3, -0.25) is 14.4 Å². The van der Waals surface area contributed by atoms with Crippen LogP contribution in [0.2, 0.25) is 10.0 Å². The average molecular weight is 605 g/mol. The molecular formula is C32H43Cl2N3O4. The molecule has 2 aromatic rings. The second kappa shape index (κ2) is 15.5. The van der Waals surface area contributed by atoms with Crippen LogP contribution in [0.4, 0.5) is 0 Å². The topological polar surface area (TPSA) is 87.7 Å². The third kappa shape index (κ3) is 9.93. The Bertz CT molecular complexity index is 1190. The van der Waals surface area contributed by atoms with Gasteiger partial charge >= 0.3 is 0 Å². The highest BCUT2D eigenvalue weighted by Gasteiger charge is 2.36. The normalized spacial score (nSPS) is 15.8. The van der Waals surface area contributed by atoms with Crippen LogP contribution < -0.4 is 15.4 Å². The second-order valence-corrected chi connectivity index (χ2v) is 12.0. The Hall–Kier alpha value is -2.77. The van der Waals surface area contributed by atoms with Crippen LogP contribution in [0.5, 0.6) is 5.75 Å². The summed E-state index contributed by atoms with van der Waals surface area (Å²) in [6.07, 6.45) is 4.72. The molecule has 224 valence electrons. The number of rotatable bonds is 15. The van der Waals surface area contributed by atoms with Gasteiger partial charge in [-0.25, -0.2) is 0 Å². The highest BCUT2D eigenvalue weighted by Crippen LogP contribution is 2.37. The summed E-state index contributed by atoms with van der Waals surface area (Å²) in [7, 11) is 1.65. The monoisotopic (exact) mass is 603 g/mol. The molecule has 0 radical (unpaired) electrons. The Balaban J connectivity index is 1.62. The molecule has 0 bridgehead atoms. The van der Waals surface area contributed by atoms with Crippen LogP contribution >= 0.6 is 23.2 Å². The summed E-state index contributed by atoms with van der Waals surface area (Å²) in [6.45, 7) is 8.11. The van der Waals surface area contributed by atoms with Crippen LogP contribution in [0.25, 0.3) is 0 Å². The van der Waals surface area contributed by atoms with Crippen molar-refractivity contribution >= 4 is 40.9 Å². The van der Waals surface area contributed by atoms with Crippen molar-refractivity contribution in [1.29, 1.82) is 0 Å². The number of hydrogen-bond donors (Lipinski definition) is 2. The fourth-order valence-electron chi connectivity index (χ4n) is 4.60. The minimum absolute atomic E-state index is 0.0484. The van der Waals surface area contributed by atoms with Gasteiger partial charge in [-0.05, 0) is 87.3 Å². The molecule has 1 fully saturated rings. The molecule has 1 aliphatic rings. The highest BCUT2D eigenvalue weighted by atomic mass is 35.5. The van der Waals surface area contributed by atoms with E-state index >= 15 is 0 Å². The number of amides is 3. The molecule has 2 N–H and O–H groups in total. The van der Waals surface area contributed by atoms with E-state index in [2.05, 4.69) is 17.6 Å². The molecule has 4 atom stereocenters. The van der Waals surface area contributed by atoms with Crippen molar-refractivity contribution in [2.24, 2.45) is 11.8 Å². The van der Waals surface area contributed by atoms with Crippen LogP contribution in [-0.4, -0.2) is 54.4 Å². The van der Waals surface area contributed by atoms with E-state index in [0.717, 1.165) is 36.1 Å². The molecule has 0 saturated heterocycles. The molecule has 9 heteroatoms. The van der Waals surface area contributed by atoms with E-state index < -0.39 is 12.1 Å². The molecule has 1 saturated carbocycles. The minimum atomic E-state index is -0.810. The third-order valence-electron chi connectivity index (χ3n) is 7.87. The van der Waals surface area contributed by atoms with Crippen LogP contribution in [0.1, 0.15) is 64.5 Å². The average Bonchev–Trinajstić information content (AvgIpc) is 3.81. The number of carbonyl (C=O) groups is 3. The van der Waals surface area contributed by atoms with Crippen molar-refractivity contribution in [2.45, 2.75) is 84.4 Å². The first-order chi connectivity index (χ1) is 19.5. The van der Waals surface area contributed by atoms with Crippen LogP contribution in [0, 0.1) is 11.8 Å². The fourth-order valence-corrected chi connectivity index (χ4v) is 4.89. The summed E-state index contributed by atoms with van der Waals surface area (Å²) in [5.41, 5.74) is 1.89. The van der Waals surface area contributed by atoms with Gasteiger partial charge in [0.25, 0.3) is 0 Å². The number of hydrogen-bond acceptors (Lipinski definition) is 4. The van der Waals surface area contributed by atoms with Gasteiger partial charge in [0.1, 0.15) is 17.8 Å². The molecule has 0 aromatic heterocycles. The summed E-state index contributed by atoms with van der Waals surface area (Å²) < 4.78 is 6.04. The quantitative estimate of drug-likeness (QED) is 0.250. The van der Waals surface area contributed by atoms with Gasteiger partial charge in [0.05, 0.1) is 6.10 Å². The zero-order valence-electron chi connectivity index (χ0n) is 24.7. The molecule has 0 spiro atoms. The van der Waals surface area contributed by atoms with E-state index in [1.807, 2.05) is 44.2 Å². The number of nitrogens with one attached hydrogen (secondary N) is 2. The predicted molar refractivity (Wildman–Crippen MR) is 164 cm³/mol. The summed E-state index contributed by atoms with van der Waals surface area (Å²) >= 11 is 12.2. The SMILES string of the molecule is CC[C@@H](C)Oc1cc(Cl)ccc1CCCNC(=O)[C@@H](Cc1ccc(Cl)cc1)NC(=O)[C@@H](C)N(C)C(=O)[C@@H](C)C1CC1. The van der Waals surface area contributed by atoms with E-state index in [9.17, 15) is 14.4 Å². The molecule has 7 nitrogen and oxygen atoms in total. The lowest BCUT2D eigenvalue weighted by molar-refractivity contribution is -0.142. The molecule has 0 unspecified atom stereocenters. The van der Waals surface area contributed by atoms with Gasteiger partial charge in [0, 0.05) is 36.0 Å². The Labute approximate surface area is 254 Å². The number of halogens is 2. The van der Waals surface area contributed by atoms with E-state index in [-0.39, 0.29) is 29.7 Å². The van der Waals surface area contributed by atoms with E-state index in [1.165, 1.54) is 4.90 Å². The highest BCUT2D eigenvalue weighted by molar-refractivity contribution is 6.30. The van der Waals surface area contributed by atoms with Gasteiger partial charge in [0.2, 0.25) is 17.7 Å². The van der Waals surface area contributed by atoms with Gasteiger partial charge in [0.15, 0.2) is 0 Å². The molecular weight excluding hydrogens is 561 g/mol. The molecule has 1 aliphatic carbocycles. The maximum Gasteiger partial charge on any atom is 0.243 e. The first-order valence-corrected chi connectivity index (χ1v) is 15.3. The molecule has 2 aromatic carbocycles. The smallest absolute Gasteiger partial charge is 0.243 e. The lowest BCUT2D eigenvalue weighted by atomic mass is 10.0. The summed E-state index contributed by atoms with van der Waals surface area (Å²) in [6, 6.07) is 11.3. The molecule has 0 aliphatic heterocycles. The summed E-state index contributed by atoms with van der Waals surface area (Å²) in [4.78, 5) is 40.9. The Morgan fingerprint density at radius 1 is 1.00 bits per heavy atom. The predicted octanol–water partition coefficient (Wildman–Crippen LogP) is 5.84. The molecule has 0 heterocycles. The van der Waals surface area contributed by atoms with Crippen molar-refractivity contribution in [3.8, 4) is 5.75 Å². The van der Waals surface area contributed by atoms with E-state index in [4.69, 9.17) is 27.9 Å². The Morgan fingerprint density at radius 3 is 2.29 bits per heavy atom. The lowest BCUT2D eigenvalue weighted by Gasteiger charge is -2.28. The minimum Gasteiger partial charge on any atom is -0.490 e. The Kier molecular flexibility index (Phi) is 12.3. The van der Waals surface area contributed by atoms with Gasteiger partial charge in [-0.2, -0.15) is 0 Å². The van der Waals surface area contributed by atoms with Crippen LogP contribution in [0.15, 0.2) is 42.5 Å². The van der Waals surface area contributed by atoms with Crippen LogP contribution in [-0.2, 0) is 27.2 Å². The standard InChI is InChI=1S/C32H43Cl2N3O4/c1-6-20(2)41-29-19-27(34)16-13-25(29)8-7-17-35-31(39)28(18-23-9-14-26(33)15-10-23)36-30(38)22(4)37(5)32(40)21(3)24-11-12-24/h9-10,13-16,19-22,24,28H,6-8,11-12,17-18H2,1-5H3,(H,35,39)(H,36,38)/t20-,21+,22-,28-/m1/s1. The number of benzene rings is 2. The maximum atomic E-state index is 13.3. The molecule has 3 rings (SSSR count). The van der Waals surface area contributed by atoms with E-state index in [1.54, 1.807) is 26.1 Å². The first-order valence-electron chi connectivity index (χ1n) is 14.5. The largest absolute Gasteiger partial charge is 0.490 e. The van der Waals surface area contributed by atoms with Gasteiger partial charge < -0.3 is 20.3 Å². The zero-order valence-corrected chi connectivity index (χ0v) is 26.2. The maximum absolute atomic E-state index is 13.3. The second-order valence-electron chi connectivity index (χ2n) is 11.1. The van der Waals surface area contributed by atoms with Crippen molar-refractivity contribution in [3.05, 3.63) is 63.6 Å². The number of ether oxygens (including phenoxy) is 1. The summed E-state index contributed by atoms with van der Waals surface area (Å²) in [5, 5.41) is 7.08. The van der Waals surface area contributed by atoms with Gasteiger partial charge in [-0.1, -0.05) is 55.2 Å². The fraction of sp³-hybridized carbons (Fsp3) is 0.531. The van der Waals surface area contributed by atoms with Crippen molar-refractivity contribution in [3.63, 3.8) is 0 Å². The lowest BCUT2D eigenvalue weighted by Crippen LogP contribution is -2.54. The Morgan fingerprint density at radius 2 is 1.66 bits per heavy atom.